The summed E-state index contributed by atoms with van der Waals surface area (Å²) in [6.45, 7) is 2.53. The quantitative estimate of drug-likeness (QED) is 0.602. The minimum atomic E-state index is -0.163. The van der Waals surface area contributed by atoms with Crippen LogP contribution < -0.4 is 4.74 Å². The van der Waals surface area contributed by atoms with Gasteiger partial charge in [-0.15, -0.1) is 0 Å². The highest BCUT2D eigenvalue weighted by Gasteiger charge is 2.45. The average molecular weight is 408 g/mol. The lowest BCUT2D eigenvalue weighted by atomic mass is 9.99. The van der Waals surface area contributed by atoms with Crippen molar-refractivity contribution in [3.05, 3.63) is 81.6 Å². The lowest BCUT2D eigenvalue weighted by molar-refractivity contribution is 0.0723. The summed E-state index contributed by atoms with van der Waals surface area (Å²) >= 11 is 6.12. The number of fused-ring (bicyclic) bond motifs is 1. The fourth-order valence-corrected chi connectivity index (χ4v) is 4.30. The van der Waals surface area contributed by atoms with Crippen LogP contribution in [-0.4, -0.2) is 27.7 Å². The molecule has 2 heterocycles. The number of methoxy groups -OCH3 is 1. The molecule has 1 atom stereocenters. The van der Waals surface area contributed by atoms with Gasteiger partial charge in [0, 0.05) is 17.1 Å². The van der Waals surface area contributed by atoms with Crippen molar-refractivity contribution in [3.8, 4) is 5.75 Å². The minimum absolute atomic E-state index is 0.0447. The lowest BCUT2D eigenvalue weighted by Crippen LogP contribution is -2.30. The van der Waals surface area contributed by atoms with E-state index in [9.17, 15) is 4.79 Å². The molecule has 0 saturated heterocycles. The van der Waals surface area contributed by atoms with Gasteiger partial charge < -0.3 is 9.64 Å². The number of aromatic nitrogens is 2. The number of aryl methyl sites for hydroxylation is 1. The molecule has 5 nitrogen and oxygen atoms in total. The van der Waals surface area contributed by atoms with Crippen LogP contribution in [0.15, 0.2) is 48.5 Å². The number of halogens is 1. The van der Waals surface area contributed by atoms with Gasteiger partial charge in [0.25, 0.3) is 5.91 Å². The van der Waals surface area contributed by atoms with E-state index < -0.39 is 0 Å². The second-order valence-electron chi connectivity index (χ2n) is 7.76. The summed E-state index contributed by atoms with van der Waals surface area (Å²) < 4.78 is 7.22. The second-order valence-corrected chi connectivity index (χ2v) is 8.20. The third kappa shape index (κ3) is 3.10. The van der Waals surface area contributed by atoms with E-state index in [0.717, 1.165) is 46.7 Å². The standard InChI is InChI=1S/C23H22ClN3O2/c1-14-20-21(16-5-7-17(24)8-6-16)26(13-15-3-11-19(29-2)12-4-15)23(28)22(20)27(25-14)18-9-10-18/h3-8,11-12,18,21H,9-10,13H2,1-2H3. The number of amides is 1. The zero-order chi connectivity index (χ0) is 20.1. The summed E-state index contributed by atoms with van der Waals surface area (Å²) in [6.07, 6.45) is 2.18. The first-order chi connectivity index (χ1) is 14.1. The van der Waals surface area contributed by atoms with E-state index >= 15 is 0 Å². The molecular formula is C23H22ClN3O2. The molecule has 2 aromatic carbocycles. The normalized spacial score (nSPS) is 18.2. The summed E-state index contributed by atoms with van der Waals surface area (Å²) in [7, 11) is 1.65. The Morgan fingerprint density at radius 2 is 1.79 bits per heavy atom. The van der Waals surface area contributed by atoms with Crippen molar-refractivity contribution < 1.29 is 9.53 Å². The summed E-state index contributed by atoms with van der Waals surface area (Å²) in [5, 5.41) is 5.41. The Labute approximate surface area is 174 Å². The lowest BCUT2D eigenvalue weighted by Gasteiger charge is -2.26. The zero-order valence-corrected chi connectivity index (χ0v) is 17.2. The summed E-state index contributed by atoms with van der Waals surface area (Å²) in [5.74, 6) is 0.850. The van der Waals surface area contributed by atoms with E-state index in [1.807, 2.05) is 65.0 Å². The predicted octanol–water partition coefficient (Wildman–Crippen LogP) is 4.93. The third-order valence-electron chi connectivity index (χ3n) is 5.77. The number of benzene rings is 2. The Morgan fingerprint density at radius 3 is 2.41 bits per heavy atom. The maximum Gasteiger partial charge on any atom is 0.273 e. The molecule has 3 aromatic rings. The molecule has 1 aromatic heterocycles. The Balaban J connectivity index is 1.58. The van der Waals surface area contributed by atoms with Crippen molar-refractivity contribution in [3.63, 3.8) is 0 Å². The first-order valence-electron chi connectivity index (χ1n) is 9.85. The van der Waals surface area contributed by atoms with E-state index in [1.54, 1.807) is 7.11 Å². The number of hydrogen-bond acceptors (Lipinski definition) is 3. The van der Waals surface area contributed by atoms with Crippen LogP contribution in [0.2, 0.25) is 5.02 Å². The molecule has 29 heavy (non-hydrogen) atoms. The Morgan fingerprint density at radius 1 is 1.10 bits per heavy atom. The van der Waals surface area contributed by atoms with E-state index in [1.165, 1.54) is 0 Å². The fraction of sp³-hybridized carbons (Fsp3) is 0.304. The van der Waals surface area contributed by atoms with Gasteiger partial charge in [0.15, 0.2) is 0 Å². The number of ether oxygens (including phenoxy) is 1. The molecule has 1 amide bonds. The van der Waals surface area contributed by atoms with Crippen molar-refractivity contribution in [1.82, 2.24) is 14.7 Å². The largest absolute Gasteiger partial charge is 0.497 e. The molecule has 2 aliphatic rings. The molecule has 0 N–H and O–H groups in total. The van der Waals surface area contributed by atoms with Crippen molar-refractivity contribution in [2.75, 3.05) is 7.11 Å². The van der Waals surface area contributed by atoms with Gasteiger partial charge in [-0.05, 0) is 55.2 Å². The third-order valence-corrected chi connectivity index (χ3v) is 6.02. The van der Waals surface area contributed by atoms with Crippen LogP contribution in [-0.2, 0) is 6.54 Å². The number of nitrogens with zero attached hydrogens (tertiary/aromatic N) is 3. The highest BCUT2D eigenvalue weighted by Crippen LogP contribution is 2.45. The van der Waals surface area contributed by atoms with Gasteiger partial charge in [-0.3, -0.25) is 9.48 Å². The van der Waals surface area contributed by atoms with Crippen LogP contribution in [0.4, 0.5) is 0 Å². The summed E-state index contributed by atoms with van der Waals surface area (Å²) in [4.78, 5) is 15.5. The second kappa shape index (κ2) is 6.92. The van der Waals surface area contributed by atoms with Crippen molar-refractivity contribution >= 4 is 17.5 Å². The van der Waals surface area contributed by atoms with E-state index in [0.29, 0.717) is 17.6 Å². The van der Waals surface area contributed by atoms with Crippen molar-refractivity contribution in [2.45, 2.75) is 38.4 Å². The molecule has 0 spiro atoms. The van der Waals surface area contributed by atoms with Crippen LogP contribution in [0.25, 0.3) is 0 Å². The smallest absolute Gasteiger partial charge is 0.273 e. The topological polar surface area (TPSA) is 47.4 Å². The van der Waals surface area contributed by atoms with Crippen LogP contribution in [0, 0.1) is 6.92 Å². The van der Waals surface area contributed by atoms with Crippen LogP contribution >= 0.6 is 11.6 Å². The average Bonchev–Trinajstić information content (AvgIpc) is 3.47. The van der Waals surface area contributed by atoms with Gasteiger partial charge in [0.1, 0.15) is 11.4 Å². The van der Waals surface area contributed by atoms with Gasteiger partial charge in [0.2, 0.25) is 0 Å². The van der Waals surface area contributed by atoms with Crippen molar-refractivity contribution in [1.29, 1.82) is 0 Å². The van der Waals surface area contributed by atoms with E-state index in [-0.39, 0.29) is 11.9 Å². The zero-order valence-electron chi connectivity index (χ0n) is 16.4. The fourth-order valence-electron chi connectivity index (χ4n) is 4.18. The molecule has 1 aliphatic heterocycles. The number of hydrogen-bond donors (Lipinski definition) is 0. The Hall–Kier alpha value is -2.79. The molecule has 1 unspecified atom stereocenters. The summed E-state index contributed by atoms with van der Waals surface area (Å²) in [5.41, 5.74) is 4.81. The maximum atomic E-state index is 13.6. The van der Waals surface area contributed by atoms with Gasteiger partial charge in [-0.25, -0.2) is 0 Å². The molecule has 0 radical (unpaired) electrons. The van der Waals surface area contributed by atoms with Gasteiger partial charge in [0.05, 0.1) is 24.9 Å². The first-order valence-corrected chi connectivity index (χ1v) is 10.2. The highest BCUT2D eigenvalue weighted by atomic mass is 35.5. The Kier molecular flexibility index (Phi) is 4.36. The monoisotopic (exact) mass is 407 g/mol. The van der Waals surface area contributed by atoms with Crippen LogP contribution in [0.5, 0.6) is 5.75 Å². The molecule has 1 fully saturated rings. The molecule has 5 rings (SSSR count). The highest BCUT2D eigenvalue weighted by molar-refractivity contribution is 6.30. The van der Waals surface area contributed by atoms with Crippen LogP contribution in [0.3, 0.4) is 0 Å². The summed E-state index contributed by atoms with van der Waals surface area (Å²) in [6, 6.07) is 15.8. The van der Waals surface area contributed by atoms with E-state index in [4.69, 9.17) is 21.4 Å². The molecule has 1 saturated carbocycles. The minimum Gasteiger partial charge on any atom is -0.497 e. The van der Waals surface area contributed by atoms with E-state index in [2.05, 4.69) is 0 Å². The Bertz CT molecular complexity index is 1070. The predicted molar refractivity (Wildman–Crippen MR) is 111 cm³/mol. The van der Waals surface area contributed by atoms with Gasteiger partial charge in [-0.2, -0.15) is 5.10 Å². The number of rotatable bonds is 5. The maximum absolute atomic E-state index is 13.6. The molecule has 148 valence electrons. The first kappa shape index (κ1) is 18.3. The molecule has 6 heteroatoms. The molecular weight excluding hydrogens is 386 g/mol. The molecule has 0 bridgehead atoms. The van der Waals surface area contributed by atoms with Crippen LogP contribution in [0.1, 0.15) is 57.8 Å². The SMILES string of the molecule is COc1ccc(CN2C(=O)c3c(c(C)nn3C3CC3)C2c2ccc(Cl)cc2)cc1. The van der Waals surface area contributed by atoms with Crippen molar-refractivity contribution in [2.24, 2.45) is 0 Å². The number of carbonyl (C=O) groups is 1. The molecule has 1 aliphatic carbocycles. The van der Waals surface area contributed by atoms with Gasteiger partial charge in [-0.1, -0.05) is 35.9 Å². The van der Waals surface area contributed by atoms with Gasteiger partial charge >= 0.3 is 0 Å². The number of carbonyl (C=O) groups excluding carboxylic acids is 1.